The van der Waals surface area contributed by atoms with Gasteiger partial charge in [0.2, 0.25) is 0 Å². The van der Waals surface area contributed by atoms with Gasteiger partial charge in [0.25, 0.3) is 0 Å². The number of halogens is 6. The van der Waals surface area contributed by atoms with Crippen molar-refractivity contribution in [3.63, 3.8) is 0 Å². The first-order valence-electron chi connectivity index (χ1n) is 7.03. The van der Waals surface area contributed by atoms with Crippen LogP contribution in [0.2, 0.25) is 0 Å². The van der Waals surface area contributed by atoms with E-state index in [0.29, 0.717) is 12.8 Å². The van der Waals surface area contributed by atoms with Gasteiger partial charge in [-0.25, -0.2) is 0 Å². The van der Waals surface area contributed by atoms with E-state index in [-0.39, 0.29) is 24.7 Å². The van der Waals surface area contributed by atoms with Gasteiger partial charge in [-0.15, -0.1) is 0 Å². The van der Waals surface area contributed by atoms with Gasteiger partial charge in [0.15, 0.2) is 0 Å². The summed E-state index contributed by atoms with van der Waals surface area (Å²) >= 11 is 0. The summed E-state index contributed by atoms with van der Waals surface area (Å²) in [6.45, 7) is 0.268. The lowest BCUT2D eigenvalue weighted by Crippen LogP contribution is -2.24. The standard InChI is InChI=1S/C14H18F6O3Si/c1-21-24(22-2)23-6-4-3-5-10-7-11(13(15,16)17)9-12(8-10)14(18,19)20/h7-9,24H,3-6H2,1-2H3. The second kappa shape index (κ2) is 8.84. The fourth-order valence-electron chi connectivity index (χ4n) is 2.01. The van der Waals surface area contributed by atoms with Gasteiger partial charge in [-0.3, -0.25) is 0 Å². The summed E-state index contributed by atoms with van der Waals surface area (Å²) in [5.74, 6) is 0. The lowest BCUT2D eigenvalue weighted by Gasteiger charge is -2.14. The second-order valence-electron chi connectivity index (χ2n) is 5.00. The van der Waals surface area contributed by atoms with E-state index in [2.05, 4.69) is 0 Å². The SMILES string of the molecule is CO[SiH](OC)OCCCCc1cc(C(F)(F)F)cc(C(F)(F)F)c1. The molecule has 0 aromatic heterocycles. The molecule has 0 aliphatic rings. The molecule has 0 radical (unpaired) electrons. The molecule has 0 heterocycles. The van der Waals surface area contributed by atoms with E-state index in [0.717, 1.165) is 12.1 Å². The first kappa shape index (κ1) is 20.9. The molecule has 138 valence electrons. The van der Waals surface area contributed by atoms with E-state index in [9.17, 15) is 26.3 Å². The quantitative estimate of drug-likeness (QED) is 0.389. The third-order valence-electron chi connectivity index (χ3n) is 3.15. The molecule has 3 nitrogen and oxygen atoms in total. The van der Waals surface area contributed by atoms with Crippen molar-refractivity contribution < 1.29 is 39.6 Å². The minimum Gasteiger partial charge on any atom is -0.379 e. The minimum absolute atomic E-state index is 0.00979. The predicted molar refractivity (Wildman–Crippen MR) is 76.5 cm³/mol. The Balaban J connectivity index is 2.70. The summed E-state index contributed by atoms with van der Waals surface area (Å²) in [5, 5.41) is 0. The van der Waals surface area contributed by atoms with Crippen LogP contribution in [0.4, 0.5) is 26.3 Å². The number of hydrogen-bond acceptors (Lipinski definition) is 3. The Labute approximate surface area is 137 Å². The molecule has 0 fully saturated rings. The van der Waals surface area contributed by atoms with Crippen LogP contribution in [0.1, 0.15) is 29.5 Å². The fourth-order valence-corrected chi connectivity index (χ4v) is 2.83. The van der Waals surface area contributed by atoms with Crippen LogP contribution >= 0.6 is 0 Å². The lowest BCUT2D eigenvalue weighted by molar-refractivity contribution is -0.143. The Bertz CT molecular complexity index is 482. The van der Waals surface area contributed by atoms with Gasteiger partial charge in [0, 0.05) is 20.8 Å². The molecule has 1 aromatic carbocycles. The number of benzene rings is 1. The van der Waals surface area contributed by atoms with Gasteiger partial charge in [0.1, 0.15) is 0 Å². The fraction of sp³-hybridized carbons (Fsp3) is 0.571. The molecular weight excluding hydrogens is 358 g/mol. The van der Waals surface area contributed by atoms with Gasteiger partial charge >= 0.3 is 21.9 Å². The summed E-state index contributed by atoms with van der Waals surface area (Å²) in [4.78, 5) is 0. The minimum atomic E-state index is -4.82. The molecule has 0 bridgehead atoms. The molecule has 0 unspecified atom stereocenters. The van der Waals surface area contributed by atoms with E-state index in [4.69, 9.17) is 13.3 Å². The molecule has 0 saturated heterocycles. The molecule has 0 spiro atoms. The summed E-state index contributed by atoms with van der Waals surface area (Å²) in [6.07, 6.45) is -8.72. The van der Waals surface area contributed by atoms with Crippen molar-refractivity contribution in [2.24, 2.45) is 0 Å². The number of unbranched alkanes of at least 4 members (excludes halogenated alkanes) is 1. The Morgan fingerprint density at radius 1 is 0.833 bits per heavy atom. The molecule has 0 aliphatic heterocycles. The highest BCUT2D eigenvalue weighted by Gasteiger charge is 2.36. The van der Waals surface area contributed by atoms with E-state index in [1.807, 2.05) is 0 Å². The monoisotopic (exact) mass is 376 g/mol. The number of rotatable bonds is 8. The summed E-state index contributed by atoms with van der Waals surface area (Å²) in [6, 6.07) is 1.62. The zero-order valence-corrected chi connectivity index (χ0v) is 14.3. The smallest absolute Gasteiger partial charge is 0.379 e. The molecule has 0 amide bonds. The van der Waals surface area contributed by atoms with E-state index in [1.165, 1.54) is 14.2 Å². The predicted octanol–water partition coefficient (Wildman–Crippen LogP) is 4.07. The first-order chi connectivity index (χ1) is 11.1. The summed E-state index contributed by atoms with van der Waals surface area (Å²) < 4.78 is 91.5. The van der Waals surface area contributed by atoms with Gasteiger partial charge in [0.05, 0.1) is 11.1 Å². The van der Waals surface area contributed by atoms with E-state index in [1.54, 1.807) is 0 Å². The van der Waals surface area contributed by atoms with Crippen molar-refractivity contribution in [3.8, 4) is 0 Å². The summed E-state index contributed by atoms with van der Waals surface area (Å²) in [5.41, 5.74) is -2.60. The van der Waals surface area contributed by atoms with Crippen molar-refractivity contribution in [3.05, 3.63) is 34.9 Å². The van der Waals surface area contributed by atoms with Crippen molar-refractivity contribution in [2.45, 2.75) is 31.6 Å². The van der Waals surface area contributed by atoms with Crippen LogP contribution in [0.25, 0.3) is 0 Å². The van der Waals surface area contributed by atoms with Crippen molar-refractivity contribution >= 4 is 9.53 Å². The molecule has 0 N–H and O–H groups in total. The maximum atomic E-state index is 12.7. The van der Waals surface area contributed by atoms with Crippen molar-refractivity contribution in [1.82, 2.24) is 0 Å². The average molecular weight is 376 g/mol. The van der Waals surface area contributed by atoms with Crippen LogP contribution in [-0.2, 0) is 32.1 Å². The number of aryl methyl sites for hydroxylation is 1. The Hall–Kier alpha value is -1.10. The lowest BCUT2D eigenvalue weighted by atomic mass is 10.0. The van der Waals surface area contributed by atoms with Crippen LogP contribution < -0.4 is 0 Å². The van der Waals surface area contributed by atoms with Gasteiger partial charge in [-0.1, -0.05) is 0 Å². The van der Waals surface area contributed by atoms with E-state index >= 15 is 0 Å². The largest absolute Gasteiger partial charge is 0.483 e. The van der Waals surface area contributed by atoms with Crippen LogP contribution in [0.5, 0.6) is 0 Å². The molecule has 0 aliphatic carbocycles. The Morgan fingerprint density at radius 2 is 1.33 bits per heavy atom. The molecule has 1 aromatic rings. The zero-order valence-electron chi connectivity index (χ0n) is 13.1. The maximum absolute atomic E-state index is 12.7. The van der Waals surface area contributed by atoms with Gasteiger partial charge in [-0.05, 0) is 43.0 Å². The highest BCUT2D eigenvalue weighted by atomic mass is 28.3. The highest BCUT2D eigenvalue weighted by Crippen LogP contribution is 2.36. The van der Waals surface area contributed by atoms with Gasteiger partial charge < -0.3 is 13.3 Å². The Morgan fingerprint density at radius 3 is 1.75 bits per heavy atom. The molecule has 1 rings (SSSR count). The molecule has 0 atom stereocenters. The Kier molecular flexibility index (Phi) is 7.71. The maximum Gasteiger partial charge on any atom is 0.483 e. The number of alkyl halides is 6. The van der Waals surface area contributed by atoms with Crippen LogP contribution in [0.3, 0.4) is 0 Å². The molecule has 0 saturated carbocycles. The van der Waals surface area contributed by atoms with Crippen molar-refractivity contribution in [1.29, 1.82) is 0 Å². The van der Waals surface area contributed by atoms with E-state index < -0.39 is 33.0 Å². The normalized spacial score (nSPS) is 12.9. The topological polar surface area (TPSA) is 27.7 Å². The molecule has 24 heavy (non-hydrogen) atoms. The summed E-state index contributed by atoms with van der Waals surface area (Å²) in [7, 11) is 0.697. The third kappa shape index (κ3) is 6.79. The first-order valence-corrected chi connectivity index (χ1v) is 8.45. The highest BCUT2D eigenvalue weighted by molar-refractivity contribution is 6.36. The van der Waals surface area contributed by atoms with Crippen LogP contribution in [-0.4, -0.2) is 30.4 Å². The zero-order chi connectivity index (χ0) is 18.4. The van der Waals surface area contributed by atoms with Gasteiger partial charge in [-0.2, -0.15) is 26.3 Å². The van der Waals surface area contributed by atoms with Crippen LogP contribution in [0.15, 0.2) is 18.2 Å². The number of hydrogen-bond donors (Lipinski definition) is 0. The molecule has 10 heteroatoms. The second-order valence-corrected chi connectivity index (χ2v) is 6.86. The average Bonchev–Trinajstić information content (AvgIpc) is 2.49. The third-order valence-corrected chi connectivity index (χ3v) is 4.42. The van der Waals surface area contributed by atoms with Crippen LogP contribution in [0, 0.1) is 0 Å². The van der Waals surface area contributed by atoms with Crippen molar-refractivity contribution in [2.75, 3.05) is 20.8 Å². The molecular formula is C14H18F6O3Si.